The van der Waals surface area contributed by atoms with Gasteiger partial charge in [-0.3, -0.25) is 9.98 Å². The van der Waals surface area contributed by atoms with Crippen molar-refractivity contribution < 1.29 is 98.1 Å². The van der Waals surface area contributed by atoms with E-state index >= 15 is 0 Å². The fraction of sp³-hybridized carbons (Fsp3) is 0.600. The average Bonchev–Trinajstić information content (AvgIpc) is 3.04. The predicted octanol–water partition coefficient (Wildman–Crippen LogP) is -9.73. The second-order valence-electron chi connectivity index (χ2n) is 5.17. The van der Waals surface area contributed by atoms with E-state index in [-0.39, 0.29) is 77.3 Å². The number of aliphatic hydroxyl groups excluding tert-OH is 3. The maximum Gasteiger partial charge on any atom is 1.00 e. The number of rotatable bonds is 4. The summed E-state index contributed by atoms with van der Waals surface area (Å²) in [6.45, 7) is -0.848. The summed E-state index contributed by atoms with van der Waals surface area (Å²) in [4.78, 5) is 25.2. The quantitative estimate of drug-likeness (QED) is 0.234. The first kappa shape index (κ1) is 24.5. The van der Waals surface area contributed by atoms with Crippen LogP contribution in [0.3, 0.4) is 0 Å². The summed E-state index contributed by atoms with van der Waals surface area (Å²) in [6.07, 6.45) is -3.53. The van der Waals surface area contributed by atoms with Gasteiger partial charge in [0.05, 0.1) is 20.8 Å². The Labute approximate surface area is 191 Å². The summed E-state index contributed by atoms with van der Waals surface area (Å²) >= 11 is 0. The smallest absolute Gasteiger partial charge is 0.788 e. The van der Waals surface area contributed by atoms with Gasteiger partial charge in [0.25, 0.3) is 0 Å². The maximum absolute atomic E-state index is 10.7. The number of ether oxygens (including phenoxy) is 1. The van der Waals surface area contributed by atoms with E-state index in [1.807, 2.05) is 0 Å². The number of aliphatic hydroxyl groups is 3. The molecule has 1 aromatic heterocycles. The number of hydrogen-bond donors (Lipinski definition) is 5. The molecule has 0 bridgehead atoms. The van der Waals surface area contributed by atoms with Gasteiger partial charge >= 0.3 is 59.1 Å². The zero-order chi connectivity index (χ0) is 17.6. The number of aromatic nitrogens is 2. The molecule has 5 N–H and O–H groups in total. The zero-order valence-electron chi connectivity index (χ0n) is 14.0. The first-order valence-corrected chi connectivity index (χ1v) is 8.20. The van der Waals surface area contributed by atoms with Crippen molar-refractivity contribution in [3.05, 3.63) is 12.0 Å². The van der Waals surface area contributed by atoms with Crippen molar-refractivity contribution in [3.63, 3.8) is 0 Å². The van der Waals surface area contributed by atoms with Crippen molar-refractivity contribution in [1.29, 1.82) is 5.41 Å². The summed E-state index contributed by atoms with van der Waals surface area (Å²) in [6, 6.07) is 0. The Morgan fingerprint density at radius 2 is 2.08 bits per heavy atom. The van der Waals surface area contributed by atoms with Crippen LogP contribution in [-0.4, -0.2) is 67.4 Å². The molecule has 4 atom stereocenters. The van der Waals surface area contributed by atoms with Crippen LogP contribution in [0.2, 0.25) is 0 Å². The Balaban J connectivity index is 0.00000169. The van der Waals surface area contributed by atoms with E-state index in [9.17, 15) is 24.6 Å². The molecule has 3 rings (SSSR count). The topological polar surface area (TPSA) is 199 Å². The van der Waals surface area contributed by atoms with Crippen LogP contribution in [0.25, 0.3) is 0 Å². The number of amidine groups is 1. The van der Waals surface area contributed by atoms with Crippen molar-refractivity contribution in [2.45, 2.75) is 24.5 Å². The van der Waals surface area contributed by atoms with Crippen LogP contribution in [0.4, 0.5) is 5.82 Å². The molecule has 134 valence electrons. The van der Waals surface area contributed by atoms with Gasteiger partial charge in [-0.25, -0.2) is 14.7 Å². The summed E-state index contributed by atoms with van der Waals surface area (Å²) in [5.41, 5.74) is -0.0487. The van der Waals surface area contributed by atoms with Gasteiger partial charge in [0, 0.05) is 0 Å². The molecule has 1 aromatic rings. The van der Waals surface area contributed by atoms with Gasteiger partial charge in [-0.1, -0.05) is 0 Å². The van der Waals surface area contributed by atoms with Gasteiger partial charge < -0.3 is 39.7 Å². The molecule has 0 aliphatic carbocycles. The molecule has 1 saturated heterocycles. The summed E-state index contributed by atoms with van der Waals surface area (Å²) < 4.78 is 21.5. The molecule has 3 heterocycles. The number of fused-ring (bicyclic) bond motifs is 1. The normalized spacial score (nSPS) is 28.0. The van der Waals surface area contributed by atoms with Gasteiger partial charge in [-0.15, -0.1) is 0 Å². The van der Waals surface area contributed by atoms with Crippen molar-refractivity contribution in [3.8, 4) is 0 Å². The molecular weight excluding hydrogens is 395 g/mol. The number of imidazole rings is 1. The Hall–Kier alpha value is 0.430. The summed E-state index contributed by atoms with van der Waals surface area (Å²) in [7, 11) is -5.34. The third kappa shape index (κ3) is 4.70. The molecule has 13 nitrogen and oxygen atoms in total. The fourth-order valence-electron chi connectivity index (χ4n) is 2.55. The van der Waals surface area contributed by atoms with Crippen LogP contribution in [0, 0.1) is 5.41 Å². The number of hydrogen-bond acceptors (Lipinski definition) is 11. The average molecular weight is 409 g/mol. The van der Waals surface area contributed by atoms with Crippen LogP contribution in [-0.2, 0) is 13.9 Å². The minimum Gasteiger partial charge on any atom is -0.788 e. The zero-order valence-corrected chi connectivity index (χ0v) is 18.9. The van der Waals surface area contributed by atoms with Crippen LogP contribution in [0.5, 0.6) is 0 Å². The molecular formula is C10H14N5Na2O8P. The van der Waals surface area contributed by atoms with E-state index in [1.165, 1.54) is 10.9 Å². The Morgan fingerprint density at radius 3 is 2.62 bits per heavy atom. The number of anilines is 1. The monoisotopic (exact) mass is 409 g/mol. The van der Waals surface area contributed by atoms with Crippen LogP contribution in [0.1, 0.15) is 11.9 Å². The molecule has 1 fully saturated rings. The van der Waals surface area contributed by atoms with Gasteiger partial charge in [-0.05, 0) is 0 Å². The Kier molecular flexibility index (Phi) is 8.74. The van der Waals surface area contributed by atoms with Crippen LogP contribution >= 0.6 is 7.82 Å². The molecule has 16 heteroatoms. The van der Waals surface area contributed by atoms with Gasteiger partial charge in [0.1, 0.15) is 36.5 Å². The Bertz CT molecular complexity index is 701. The van der Waals surface area contributed by atoms with Gasteiger partial charge in [0.15, 0.2) is 12.1 Å². The van der Waals surface area contributed by atoms with Crippen molar-refractivity contribution in [1.82, 2.24) is 14.6 Å². The number of phosphoric acid groups is 1. The molecule has 0 amide bonds. The minimum absolute atomic E-state index is 0. The van der Waals surface area contributed by atoms with E-state index in [0.29, 0.717) is 5.06 Å². The largest absolute Gasteiger partial charge is 1.00 e. The molecule has 2 aliphatic rings. The third-order valence-electron chi connectivity index (χ3n) is 3.65. The number of nitrogens with one attached hydrogen (secondary N) is 2. The second kappa shape index (κ2) is 9.29. The first-order chi connectivity index (χ1) is 11.2. The molecule has 0 radical (unpaired) electrons. The van der Waals surface area contributed by atoms with E-state index in [2.05, 4.69) is 14.9 Å². The molecule has 0 spiro atoms. The molecule has 0 aromatic carbocycles. The SMILES string of the molecule is N=C1c2ncn([C@@H]3O[C@H](CO)[C@@H](O)[C@H]3O)c2NCN1OP(=O)([O-])[O-].[Na+].[Na+]. The molecule has 0 saturated carbocycles. The third-order valence-corrected chi connectivity index (χ3v) is 4.04. The van der Waals surface area contributed by atoms with Crippen LogP contribution in [0.15, 0.2) is 6.33 Å². The van der Waals surface area contributed by atoms with E-state index in [1.54, 1.807) is 0 Å². The van der Waals surface area contributed by atoms with E-state index in [0.717, 1.165) is 0 Å². The van der Waals surface area contributed by atoms with E-state index in [4.69, 9.17) is 15.3 Å². The summed E-state index contributed by atoms with van der Waals surface area (Å²) in [5, 5.41) is 40.0. The second-order valence-corrected chi connectivity index (χ2v) is 6.23. The van der Waals surface area contributed by atoms with Crippen molar-refractivity contribution in [2.75, 3.05) is 18.6 Å². The molecule has 26 heavy (non-hydrogen) atoms. The van der Waals surface area contributed by atoms with Gasteiger partial charge in [0.2, 0.25) is 0 Å². The molecule has 2 aliphatic heterocycles. The Morgan fingerprint density at radius 1 is 1.42 bits per heavy atom. The molecule has 0 unspecified atom stereocenters. The minimum atomic E-state index is -5.34. The van der Waals surface area contributed by atoms with Gasteiger partial charge in [-0.2, -0.15) is 0 Å². The first-order valence-electron chi connectivity index (χ1n) is 6.74. The van der Waals surface area contributed by atoms with Crippen LogP contribution < -0.4 is 74.2 Å². The summed E-state index contributed by atoms with van der Waals surface area (Å²) in [5.74, 6) is -0.289. The number of nitrogens with zero attached hydrogens (tertiary/aromatic N) is 3. The predicted molar refractivity (Wildman–Crippen MR) is 71.1 cm³/mol. The number of hydroxylamine groups is 2. The standard InChI is InChI=1S/C10H16N5O8P.2Na/c11-8-5-9(13-3-15(8)23-24(19,20)21)14(2-12-5)10-7(18)6(17)4(1-16)22-10;;/h2,4,6-7,10-11,13,16-18H,1,3H2,(H2,19,20,21);;/q;2*+1/p-2/t4-,6-,7-,10-;;/m1../s1. The fourth-order valence-corrected chi connectivity index (χ4v) is 2.93. The van der Waals surface area contributed by atoms with Crippen molar-refractivity contribution in [2.24, 2.45) is 0 Å². The van der Waals surface area contributed by atoms with Crippen molar-refractivity contribution >= 4 is 19.5 Å². The van der Waals surface area contributed by atoms with E-state index < -0.39 is 44.8 Å². The maximum atomic E-state index is 10.7.